The van der Waals surface area contributed by atoms with Gasteiger partial charge in [-0.2, -0.15) is 0 Å². The van der Waals surface area contributed by atoms with E-state index in [1.54, 1.807) is 6.92 Å². The van der Waals surface area contributed by atoms with Crippen molar-refractivity contribution < 1.29 is 14.7 Å². The normalized spacial score (nSPS) is 10.1. The third-order valence-electron chi connectivity index (χ3n) is 2.91. The Hall–Kier alpha value is -2.76. The Balaban J connectivity index is 1.94. The van der Waals surface area contributed by atoms with E-state index in [1.807, 2.05) is 30.3 Å². The summed E-state index contributed by atoms with van der Waals surface area (Å²) in [4.78, 5) is 30.6. The molecule has 0 bridgehead atoms. The monoisotopic (exact) mass is 285 g/mol. The predicted molar refractivity (Wildman–Crippen MR) is 75.7 cm³/mol. The van der Waals surface area contributed by atoms with Crippen molar-refractivity contribution >= 4 is 11.9 Å². The van der Waals surface area contributed by atoms with Crippen LogP contribution in [0.25, 0.3) is 0 Å². The zero-order chi connectivity index (χ0) is 15.2. The Morgan fingerprint density at radius 2 is 1.95 bits per heavy atom. The lowest BCUT2D eigenvalue weighted by Gasteiger charge is -2.06. The molecule has 0 radical (unpaired) electrons. The first-order valence-electron chi connectivity index (χ1n) is 6.42. The number of nitrogens with zero attached hydrogens (tertiary/aromatic N) is 2. The van der Waals surface area contributed by atoms with Crippen LogP contribution in [0, 0.1) is 6.92 Å². The number of carbonyl (C=O) groups excluding carboxylic acids is 1. The van der Waals surface area contributed by atoms with Gasteiger partial charge in [0, 0.05) is 12.7 Å². The van der Waals surface area contributed by atoms with Gasteiger partial charge in [0.2, 0.25) is 5.91 Å². The van der Waals surface area contributed by atoms with Gasteiger partial charge in [-0.15, -0.1) is 0 Å². The molecule has 1 heterocycles. The van der Waals surface area contributed by atoms with Gasteiger partial charge in [0.1, 0.15) is 5.82 Å². The maximum Gasteiger partial charge on any atom is 0.339 e. The summed E-state index contributed by atoms with van der Waals surface area (Å²) in [5.74, 6) is -0.975. The molecule has 2 rings (SSSR count). The van der Waals surface area contributed by atoms with Crippen LogP contribution in [0.3, 0.4) is 0 Å². The van der Waals surface area contributed by atoms with Gasteiger partial charge in [0.15, 0.2) is 0 Å². The van der Waals surface area contributed by atoms with Crippen LogP contribution in [0.5, 0.6) is 0 Å². The van der Waals surface area contributed by atoms with Crippen LogP contribution in [-0.4, -0.2) is 27.0 Å². The molecule has 0 aliphatic heterocycles. The maximum absolute atomic E-state index is 11.8. The van der Waals surface area contributed by atoms with Gasteiger partial charge in [-0.25, -0.2) is 14.8 Å². The topological polar surface area (TPSA) is 92.2 Å². The Kier molecular flexibility index (Phi) is 4.61. The second kappa shape index (κ2) is 6.60. The number of carboxylic acid groups (broad SMARTS) is 1. The number of aromatic carboxylic acids is 1. The van der Waals surface area contributed by atoms with Gasteiger partial charge in [0.05, 0.1) is 17.7 Å². The summed E-state index contributed by atoms with van der Waals surface area (Å²) in [6.45, 7) is 2.02. The first-order valence-corrected chi connectivity index (χ1v) is 6.42. The van der Waals surface area contributed by atoms with E-state index in [4.69, 9.17) is 5.11 Å². The first kappa shape index (κ1) is 14.6. The van der Waals surface area contributed by atoms with Crippen molar-refractivity contribution in [3.05, 3.63) is 59.2 Å². The van der Waals surface area contributed by atoms with Crippen LogP contribution in [0.4, 0.5) is 0 Å². The average Bonchev–Trinajstić information content (AvgIpc) is 2.46. The van der Waals surface area contributed by atoms with E-state index in [1.165, 1.54) is 6.20 Å². The molecule has 0 aliphatic carbocycles. The molecule has 1 aromatic carbocycles. The molecule has 1 amide bonds. The Labute approximate surface area is 121 Å². The summed E-state index contributed by atoms with van der Waals surface area (Å²) in [5, 5.41) is 11.7. The van der Waals surface area contributed by atoms with Gasteiger partial charge in [0.25, 0.3) is 0 Å². The number of hydrogen-bond donors (Lipinski definition) is 2. The molecular formula is C15H15N3O3. The number of benzene rings is 1. The molecule has 1 aromatic heterocycles. The highest BCUT2D eigenvalue weighted by Gasteiger charge is 2.12. The lowest BCUT2D eigenvalue weighted by atomic mass is 10.2. The number of aromatic nitrogens is 2. The molecule has 108 valence electrons. The molecule has 6 heteroatoms. The van der Waals surface area contributed by atoms with Crippen molar-refractivity contribution in [1.82, 2.24) is 15.3 Å². The van der Waals surface area contributed by atoms with Gasteiger partial charge >= 0.3 is 5.97 Å². The van der Waals surface area contributed by atoms with Crippen LogP contribution in [-0.2, 0) is 17.8 Å². The lowest BCUT2D eigenvalue weighted by Crippen LogP contribution is -2.25. The minimum Gasteiger partial charge on any atom is -0.478 e. The van der Waals surface area contributed by atoms with Crippen molar-refractivity contribution in [3.63, 3.8) is 0 Å². The standard InChI is InChI=1S/C15H15N3O3/c1-10-12(15(20)21)9-16-13(18-10)7-14(19)17-8-11-5-3-2-4-6-11/h2-6,9H,7-8H2,1H3,(H,17,19)(H,20,21). The van der Waals surface area contributed by atoms with Crippen molar-refractivity contribution in [3.8, 4) is 0 Å². The second-order valence-electron chi connectivity index (χ2n) is 4.53. The van der Waals surface area contributed by atoms with Crippen LogP contribution in [0.2, 0.25) is 0 Å². The molecule has 2 N–H and O–H groups in total. The Morgan fingerprint density at radius 3 is 2.57 bits per heavy atom. The third-order valence-corrected chi connectivity index (χ3v) is 2.91. The molecule has 21 heavy (non-hydrogen) atoms. The SMILES string of the molecule is Cc1nc(CC(=O)NCc2ccccc2)ncc1C(=O)O. The minimum atomic E-state index is -1.08. The highest BCUT2D eigenvalue weighted by Crippen LogP contribution is 2.04. The fraction of sp³-hybridized carbons (Fsp3) is 0.200. The molecule has 0 fully saturated rings. The van der Waals surface area contributed by atoms with Crippen molar-refractivity contribution in [2.45, 2.75) is 19.9 Å². The number of carbonyl (C=O) groups is 2. The van der Waals surface area contributed by atoms with E-state index in [2.05, 4.69) is 15.3 Å². The molecule has 0 saturated heterocycles. The number of amides is 1. The number of carboxylic acids is 1. The number of aryl methyl sites for hydroxylation is 1. The lowest BCUT2D eigenvalue weighted by molar-refractivity contribution is -0.120. The summed E-state index contributed by atoms with van der Waals surface area (Å²) in [7, 11) is 0. The fourth-order valence-corrected chi connectivity index (χ4v) is 1.81. The van der Waals surface area contributed by atoms with E-state index in [-0.39, 0.29) is 17.9 Å². The summed E-state index contributed by atoms with van der Waals surface area (Å²) in [6, 6.07) is 9.55. The molecule has 0 saturated carbocycles. The van der Waals surface area contributed by atoms with Crippen LogP contribution in [0.15, 0.2) is 36.5 Å². The smallest absolute Gasteiger partial charge is 0.339 e. The van der Waals surface area contributed by atoms with Crippen molar-refractivity contribution in [2.75, 3.05) is 0 Å². The second-order valence-corrected chi connectivity index (χ2v) is 4.53. The van der Waals surface area contributed by atoms with Crippen LogP contribution < -0.4 is 5.32 Å². The molecule has 0 atom stereocenters. The van der Waals surface area contributed by atoms with Crippen molar-refractivity contribution in [2.24, 2.45) is 0 Å². The zero-order valence-electron chi connectivity index (χ0n) is 11.5. The summed E-state index contributed by atoms with van der Waals surface area (Å²) in [6.07, 6.45) is 1.25. The first-order chi connectivity index (χ1) is 10.1. The molecule has 0 aliphatic rings. The highest BCUT2D eigenvalue weighted by atomic mass is 16.4. The highest BCUT2D eigenvalue weighted by molar-refractivity contribution is 5.88. The van der Waals surface area contributed by atoms with Crippen LogP contribution >= 0.6 is 0 Å². The maximum atomic E-state index is 11.8. The molecule has 6 nitrogen and oxygen atoms in total. The number of rotatable bonds is 5. The summed E-state index contributed by atoms with van der Waals surface area (Å²) in [5.41, 5.74) is 1.40. The quantitative estimate of drug-likeness (QED) is 0.865. The third kappa shape index (κ3) is 4.10. The van der Waals surface area contributed by atoms with Gasteiger partial charge < -0.3 is 10.4 Å². The summed E-state index contributed by atoms with van der Waals surface area (Å²) >= 11 is 0. The van der Waals surface area contributed by atoms with E-state index in [9.17, 15) is 9.59 Å². The van der Waals surface area contributed by atoms with E-state index in [0.29, 0.717) is 18.1 Å². The number of hydrogen-bond acceptors (Lipinski definition) is 4. The average molecular weight is 285 g/mol. The summed E-state index contributed by atoms with van der Waals surface area (Å²) < 4.78 is 0. The Bertz CT molecular complexity index is 656. The molecule has 2 aromatic rings. The molecular weight excluding hydrogens is 270 g/mol. The fourth-order valence-electron chi connectivity index (χ4n) is 1.81. The van der Waals surface area contributed by atoms with E-state index < -0.39 is 5.97 Å². The number of nitrogens with one attached hydrogen (secondary N) is 1. The van der Waals surface area contributed by atoms with Gasteiger partial charge in [-0.05, 0) is 12.5 Å². The minimum absolute atomic E-state index is 0.0214. The van der Waals surface area contributed by atoms with Crippen LogP contribution in [0.1, 0.15) is 27.4 Å². The van der Waals surface area contributed by atoms with Crippen molar-refractivity contribution in [1.29, 1.82) is 0 Å². The molecule has 0 unspecified atom stereocenters. The predicted octanol–water partition coefficient (Wildman–Crippen LogP) is 1.34. The van der Waals surface area contributed by atoms with E-state index in [0.717, 1.165) is 5.56 Å². The Morgan fingerprint density at radius 1 is 1.24 bits per heavy atom. The molecule has 0 spiro atoms. The zero-order valence-corrected chi connectivity index (χ0v) is 11.5. The van der Waals surface area contributed by atoms with E-state index >= 15 is 0 Å². The van der Waals surface area contributed by atoms with Gasteiger partial charge in [-0.3, -0.25) is 4.79 Å². The van der Waals surface area contributed by atoms with Gasteiger partial charge in [-0.1, -0.05) is 30.3 Å². The largest absolute Gasteiger partial charge is 0.478 e.